The van der Waals surface area contributed by atoms with Crippen LogP contribution in [0.15, 0.2) is 41.5 Å². The predicted octanol–water partition coefficient (Wildman–Crippen LogP) is 3.25. The summed E-state index contributed by atoms with van der Waals surface area (Å²) in [5.41, 5.74) is 2.44. The van der Waals surface area contributed by atoms with Gasteiger partial charge in [0.05, 0.1) is 6.20 Å². The van der Waals surface area contributed by atoms with Crippen molar-refractivity contribution in [2.24, 2.45) is 4.99 Å². The Morgan fingerprint density at radius 3 is 2.60 bits per heavy atom. The number of aliphatic imine (C=N–C) groups is 1. The van der Waals surface area contributed by atoms with Gasteiger partial charge in [-0.2, -0.15) is 5.10 Å². The number of nitrogens with zero attached hydrogens (tertiary/aromatic N) is 4. The van der Waals surface area contributed by atoms with Crippen molar-refractivity contribution >= 4 is 17.7 Å². The van der Waals surface area contributed by atoms with E-state index >= 15 is 0 Å². The Kier molecular flexibility index (Phi) is 3.81. The second-order valence-corrected chi connectivity index (χ2v) is 5.05. The lowest BCUT2D eigenvalue weighted by molar-refractivity contribution is 0.664. The molecule has 2 heterocycles. The van der Waals surface area contributed by atoms with E-state index in [-0.39, 0.29) is 0 Å². The van der Waals surface area contributed by atoms with Crippen LogP contribution in [-0.4, -0.2) is 29.1 Å². The number of benzene rings is 1. The van der Waals surface area contributed by atoms with Crippen LogP contribution in [-0.2, 0) is 6.54 Å². The molecule has 4 nitrogen and oxygen atoms in total. The third-order valence-electron chi connectivity index (χ3n) is 3.70. The van der Waals surface area contributed by atoms with Crippen LogP contribution in [0.4, 0.5) is 11.5 Å². The zero-order chi connectivity index (χ0) is 13.8. The molecule has 3 rings (SSSR count). The molecule has 0 aliphatic carbocycles. The molecule has 1 saturated heterocycles. The molecule has 0 radical (unpaired) electrons. The lowest BCUT2D eigenvalue weighted by Gasteiger charge is -2.17. The molecule has 20 heavy (non-hydrogen) atoms. The van der Waals surface area contributed by atoms with E-state index in [1.165, 1.54) is 31.6 Å². The van der Waals surface area contributed by atoms with Crippen molar-refractivity contribution in [1.82, 2.24) is 9.78 Å². The van der Waals surface area contributed by atoms with Gasteiger partial charge >= 0.3 is 0 Å². The first kappa shape index (κ1) is 12.9. The van der Waals surface area contributed by atoms with Gasteiger partial charge in [-0.3, -0.25) is 0 Å². The summed E-state index contributed by atoms with van der Waals surface area (Å²) in [6.07, 6.45) is 6.30. The number of anilines is 1. The number of hydrogen-bond donors (Lipinski definition) is 0. The van der Waals surface area contributed by atoms with Gasteiger partial charge in [0.15, 0.2) is 0 Å². The molecule has 0 atom stereocenters. The van der Waals surface area contributed by atoms with Crippen LogP contribution in [0.5, 0.6) is 0 Å². The van der Waals surface area contributed by atoms with Gasteiger partial charge in [-0.05, 0) is 37.5 Å². The van der Waals surface area contributed by atoms with E-state index in [1.807, 2.05) is 17.0 Å². The molecule has 0 bridgehead atoms. The molecule has 0 saturated carbocycles. The molecule has 2 aromatic rings. The molecule has 104 valence electrons. The second kappa shape index (κ2) is 5.90. The first-order valence-electron chi connectivity index (χ1n) is 7.28. The standard InChI is InChI=1S/C16H20N4/c1-2-20-16(9-10-18-20)17-13-14-5-7-15(8-6-14)19-11-3-4-12-19/h5-10,13H,2-4,11-12H2,1H3/b17-13+. The molecule has 0 unspecified atom stereocenters. The Morgan fingerprint density at radius 2 is 1.90 bits per heavy atom. The summed E-state index contributed by atoms with van der Waals surface area (Å²) >= 11 is 0. The van der Waals surface area contributed by atoms with E-state index in [4.69, 9.17) is 0 Å². The Labute approximate surface area is 119 Å². The molecule has 1 aromatic carbocycles. The topological polar surface area (TPSA) is 33.4 Å². The van der Waals surface area contributed by atoms with Crippen LogP contribution >= 0.6 is 0 Å². The van der Waals surface area contributed by atoms with E-state index < -0.39 is 0 Å². The predicted molar refractivity (Wildman–Crippen MR) is 83.0 cm³/mol. The third-order valence-corrected chi connectivity index (χ3v) is 3.70. The molecule has 1 aromatic heterocycles. The molecule has 1 aliphatic rings. The Balaban J connectivity index is 1.71. The Bertz CT molecular complexity index is 577. The molecule has 1 fully saturated rings. The van der Waals surface area contributed by atoms with Crippen molar-refractivity contribution in [3.8, 4) is 0 Å². The van der Waals surface area contributed by atoms with Gasteiger partial charge in [-0.15, -0.1) is 0 Å². The highest BCUT2D eigenvalue weighted by molar-refractivity contribution is 5.82. The summed E-state index contributed by atoms with van der Waals surface area (Å²) in [5, 5.41) is 4.21. The van der Waals surface area contributed by atoms with Crippen LogP contribution in [0.1, 0.15) is 25.3 Å². The van der Waals surface area contributed by atoms with Crippen molar-refractivity contribution in [1.29, 1.82) is 0 Å². The average Bonchev–Trinajstić information content (AvgIpc) is 3.16. The highest BCUT2D eigenvalue weighted by atomic mass is 15.3. The van der Waals surface area contributed by atoms with Crippen LogP contribution < -0.4 is 4.90 Å². The molecular weight excluding hydrogens is 248 g/mol. The molecular formula is C16H20N4. The van der Waals surface area contributed by atoms with Crippen molar-refractivity contribution in [3.05, 3.63) is 42.1 Å². The quantitative estimate of drug-likeness (QED) is 0.797. The molecule has 0 spiro atoms. The summed E-state index contributed by atoms with van der Waals surface area (Å²) in [4.78, 5) is 6.93. The summed E-state index contributed by atoms with van der Waals surface area (Å²) in [5.74, 6) is 0.899. The highest BCUT2D eigenvalue weighted by Crippen LogP contribution is 2.20. The molecule has 0 amide bonds. The smallest absolute Gasteiger partial charge is 0.150 e. The Hall–Kier alpha value is -2.10. The van der Waals surface area contributed by atoms with Crippen LogP contribution in [0.2, 0.25) is 0 Å². The number of aromatic nitrogens is 2. The van der Waals surface area contributed by atoms with Gasteiger partial charge in [-0.1, -0.05) is 12.1 Å². The van der Waals surface area contributed by atoms with Gasteiger partial charge in [0.1, 0.15) is 5.82 Å². The minimum atomic E-state index is 0.841. The number of hydrogen-bond acceptors (Lipinski definition) is 3. The van der Waals surface area contributed by atoms with Crippen molar-refractivity contribution in [2.45, 2.75) is 26.3 Å². The number of aryl methyl sites for hydroxylation is 1. The first-order chi connectivity index (χ1) is 9.86. The maximum Gasteiger partial charge on any atom is 0.150 e. The van der Waals surface area contributed by atoms with Crippen LogP contribution in [0.25, 0.3) is 0 Å². The summed E-state index contributed by atoms with van der Waals surface area (Å²) in [7, 11) is 0. The Morgan fingerprint density at radius 1 is 1.15 bits per heavy atom. The fourth-order valence-corrected chi connectivity index (χ4v) is 2.57. The van der Waals surface area contributed by atoms with E-state index in [2.05, 4.69) is 46.2 Å². The monoisotopic (exact) mass is 268 g/mol. The average molecular weight is 268 g/mol. The van der Waals surface area contributed by atoms with Gasteiger partial charge in [0, 0.05) is 37.6 Å². The zero-order valence-electron chi connectivity index (χ0n) is 11.9. The van der Waals surface area contributed by atoms with E-state index in [9.17, 15) is 0 Å². The normalized spacial score (nSPS) is 15.3. The van der Waals surface area contributed by atoms with Gasteiger partial charge in [0.25, 0.3) is 0 Å². The van der Waals surface area contributed by atoms with Crippen LogP contribution in [0, 0.1) is 0 Å². The van der Waals surface area contributed by atoms with Gasteiger partial charge in [0.2, 0.25) is 0 Å². The van der Waals surface area contributed by atoms with Crippen molar-refractivity contribution < 1.29 is 0 Å². The summed E-state index contributed by atoms with van der Waals surface area (Å²) in [6.45, 7) is 5.27. The van der Waals surface area contributed by atoms with Gasteiger partial charge < -0.3 is 4.90 Å². The third kappa shape index (κ3) is 2.74. The largest absolute Gasteiger partial charge is 0.372 e. The maximum absolute atomic E-state index is 4.50. The SMILES string of the molecule is CCn1nccc1/N=C/c1ccc(N2CCCC2)cc1. The fraction of sp³-hybridized carbons (Fsp3) is 0.375. The lowest BCUT2D eigenvalue weighted by Crippen LogP contribution is -2.17. The van der Waals surface area contributed by atoms with E-state index in [1.54, 1.807) is 6.20 Å². The first-order valence-corrected chi connectivity index (χ1v) is 7.28. The fourth-order valence-electron chi connectivity index (χ4n) is 2.57. The molecule has 1 aliphatic heterocycles. The second-order valence-electron chi connectivity index (χ2n) is 5.05. The highest BCUT2D eigenvalue weighted by Gasteiger charge is 2.11. The van der Waals surface area contributed by atoms with E-state index in [0.717, 1.165) is 17.9 Å². The molecule has 0 N–H and O–H groups in total. The zero-order valence-corrected chi connectivity index (χ0v) is 11.9. The van der Waals surface area contributed by atoms with Crippen LogP contribution in [0.3, 0.4) is 0 Å². The number of rotatable bonds is 4. The van der Waals surface area contributed by atoms with E-state index in [0.29, 0.717) is 0 Å². The minimum absolute atomic E-state index is 0.841. The van der Waals surface area contributed by atoms with Crippen molar-refractivity contribution in [2.75, 3.05) is 18.0 Å². The molecule has 4 heteroatoms. The maximum atomic E-state index is 4.50. The minimum Gasteiger partial charge on any atom is -0.372 e. The van der Waals surface area contributed by atoms with Gasteiger partial charge in [-0.25, -0.2) is 9.67 Å². The summed E-state index contributed by atoms with van der Waals surface area (Å²) in [6, 6.07) is 10.6. The summed E-state index contributed by atoms with van der Waals surface area (Å²) < 4.78 is 1.88. The lowest BCUT2D eigenvalue weighted by atomic mass is 10.2. The van der Waals surface area contributed by atoms with Crippen molar-refractivity contribution in [3.63, 3.8) is 0 Å².